The standard InChI is InChI=1S/C26H26O7/c1-29-20-11-15(12-21-25(20)31-10-9-30-21)17-13-22(28)32-19-6-5-16-18(27)14-26(7-3-2-4-8-26)33-24(16)23(17)19/h5-6,11-12,17H,2-4,7-10,13-14H2,1H3. The lowest BCUT2D eigenvalue weighted by Gasteiger charge is -2.42. The molecule has 0 amide bonds. The maximum atomic E-state index is 13.2. The van der Waals surface area contributed by atoms with Crippen LogP contribution in [0.2, 0.25) is 0 Å². The number of hydrogen-bond donors (Lipinski definition) is 0. The summed E-state index contributed by atoms with van der Waals surface area (Å²) in [5.41, 5.74) is 1.69. The molecule has 1 unspecified atom stereocenters. The minimum absolute atomic E-state index is 0.0938. The molecular weight excluding hydrogens is 424 g/mol. The zero-order valence-electron chi connectivity index (χ0n) is 18.6. The molecule has 0 bridgehead atoms. The summed E-state index contributed by atoms with van der Waals surface area (Å²) in [6, 6.07) is 7.21. The molecule has 3 heterocycles. The highest BCUT2D eigenvalue weighted by molar-refractivity contribution is 6.01. The lowest BCUT2D eigenvalue weighted by atomic mass is 9.76. The van der Waals surface area contributed by atoms with Crippen LogP contribution < -0.4 is 23.7 Å². The SMILES string of the molecule is COc1cc(C2CC(=O)Oc3ccc4c(c32)OC2(CCCCC2)CC4=O)cc2c1OCCO2. The Morgan fingerprint density at radius 3 is 2.61 bits per heavy atom. The van der Waals surface area contributed by atoms with Crippen LogP contribution >= 0.6 is 0 Å². The molecule has 7 nitrogen and oxygen atoms in total. The minimum Gasteiger partial charge on any atom is -0.493 e. The first-order chi connectivity index (χ1) is 16.1. The van der Waals surface area contributed by atoms with E-state index in [4.69, 9.17) is 23.7 Å². The zero-order valence-corrected chi connectivity index (χ0v) is 18.6. The van der Waals surface area contributed by atoms with Crippen LogP contribution in [-0.4, -0.2) is 37.7 Å². The van der Waals surface area contributed by atoms with Gasteiger partial charge in [0.2, 0.25) is 5.75 Å². The highest BCUT2D eigenvalue weighted by atomic mass is 16.6. The first kappa shape index (κ1) is 20.4. The molecule has 0 aromatic heterocycles. The number of carbonyl (C=O) groups is 2. The topological polar surface area (TPSA) is 80.3 Å². The second-order valence-corrected chi connectivity index (χ2v) is 9.28. The van der Waals surface area contributed by atoms with Crippen molar-refractivity contribution in [2.24, 2.45) is 0 Å². The van der Waals surface area contributed by atoms with Gasteiger partial charge in [-0.1, -0.05) is 6.42 Å². The molecule has 2 aromatic carbocycles. The number of esters is 1. The smallest absolute Gasteiger partial charge is 0.312 e. The van der Waals surface area contributed by atoms with Gasteiger partial charge in [0.15, 0.2) is 17.3 Å². The number of methoxy groups -OCH3 is 1. The highest BCUT2D eigenvalue weighted by Crippen LogP contribution is 2.52. The van der Waals surface area contributed by atoms with Gasteiger partial charge in [0, 0.05) is 11.5 Å². The second kappa shape index (κ2) is 7.68. The fourth-order valence-corrected chi connectivity index (χ4v) is 5.66. The molecule has 1 aliphatic carbocycles. The first-order valence-corrected chi connectivity index (χ1v) is 11.6. The van der Waals surface area contributed by atoms with Crippen LogP contribution in [0.5, 0.6) is 28.7 Å². The van der Waals surface area contributed by atoms with E-state index in [-0.39, 0.29) is 24.1 Å². The van der Waals surface area contributed by atoms with Crippen LogP contribution in [0.25, 0.3) is 0 Å². The fraction of sp³-hybridized carbons (Fsp3) is 0.462. The summed E-state index contributed by atoms with van der Waals surface area (Å²) in [4.78, 5) is 25.8. The van der Waals surface area contributed by atoms with Gasteiger partial charge in [0.25, 0.3) is 0 Å². The van der Waals surface area contributed by atoms with Crippen LogP contribution in [0.15, 0.2) is 24.3 Å². The number of ketones is 1. The molecule has 1 spiro atoms. The molecule has 1 fully saturated rings. The average molecular weight is 450 g/mol. The van der Waals surface area contributed by atoms with E-state index in [0.29, 0.717) is 53.9 Å². The molecule has 6 rings (SSSR count). The Morgan fingerprint density at radius 1 is 0.970 bits per heavy atom. The van der Waals surface area contributed by atoms with Crippen molar-refractivity contribution >= 4 is 11.8 Å². The highest BCUT2D eigenvalue weighted by Gasteiger charge is 2.45. The number of ether oxygens (including phenoxy) is 5. The fourth-order valence-electron chi connectivity index (χ4n) is 5.66. The maximum absolute atomic E-state index is 13.2. The van der Waals surface area contributed by atoms with Gasteiger partial charge >= 0.3 is 5.97 Å². The number of hydrogen-bond acceptors (Lipinski definition) is 7. The number of fused-ring (bicyclic) bond motifs is 4. The molecule has 0 saturated heterocycles. The molecule has 1 saturated carbocycles. The van der Waals surface area contributed by atoms with E-state index in [2.05, 4.69) is 0 Å². The van der Waals surface area contributed by atoms with Crippen LogP contribution in [0, 0.1) is 0 Å². The lowest BCUT2D eigenvalue weighted by Crippen LogP contribution is -2.44. The Kier molecular flexibility index (Phi) is 4.75. The minimum atomic E-state index is -0.464. The Morgan fingerprint density at radius 2 is 1.79 bits per heavy atom. The Bertz CT molecular complexity index is 1130. The van der Waals surface area contributed by atoms with Crippen molar-refractivity contribution in [3.8, 4) is 28.7 Å². The molecule has 172 valence electrons. The lowest BCUT2D eigenvalue weighted by molar-refractivity contribution is -0.135. The average Bonchev–Trinajstić information content (AvgIpc) is 2.83. The molecular formula is C26H26O7. The molecule has 0 radical (unpaired) electrons. The van der Waals surface area contributed by atoms with E-state index in [1.54, 1.807) is 19.2 Å². The van der Waals surface area contributed by atoms with Crippen molar-refractivity contribution in [1.29, 1.82) is 0 Å². The summed E-state index contributed by atoms with van der Waals surface area (Å²) in [5, 5.41) is 0. The monoisotopic (exact) mass is 450 g/mol. The van der Waals surface area contributed by atoms with Crippen molar-refractivity contribution in [2.75, 3.05) is 20.3 Å². The van der Waals surface area contributed by atoms with Crippen molar-refractivity contribution < 1.29 is 33.3 Å². The van der Waals surface area contributed by atoms with E-state index in [1.165, 1.54) is 0 Å². The Hall–Kier alpha value is -3.22. The third-order valence-electron chi connectivity index (χ3n) is 7.22. The molecule has 1 atom stereocenters. The predicted molar refractivity (Wildman–Crippen MR) is 118 cm³/mol. The largest absolute Gasteiger partial charge is 0.493 e. The maximum Gasteiger partial charge on any atom is 0.312 e. The number of benzene rings is 2. The van der Waals surface area contributed by atoms with Crippen molar-refractivity contribution in [3.05, 3.63) is 41.0 Å². The number of Topliss-reactive ketones (excluding diaryl/α,β-unsaturated/α-hetero) is 1. The van der Waals surface area contributed by atoms with Crippen molar-refractivity contribution in [2.45, 2.75) is 56.5 Å². The normalized spacial score (nSPS) is 22.6. The van der Waals surface area contributed by atoms with Crippen LogP contribution in [0.4, 0.5) is 0 Å². The zero-order chi connectivity index (χ0) is 22.6. The van der Waals surface area contributed by atoms with E-state index >= 15 is 0 Å². The van der Waals surface area contributed by atoms with Crippen LogP contribution in [0.1, 0.15) is 72.3 Å². The van der Waals surface area contributed by atoms with Gasteiger partial charge in [-0.05, 0) is 55.5 Å². The third-order valence-corrected chi connectivity index (χ3v) is 7.22. The second-order valence-electron chi connectivity index (χ2n) is 9.28. The Labute approximate surface area is 191 Å². The first-order valence-electron chi connectivity index (χ1n) is 11.6. The quantitative estimate of drug-likeness (QED) is 0.490. The van der Waals surface area contributed by atoms with Crippen molar-refractivity contribution in [3.63, 3.8) is 0 Å². The summed E-state index contributed by atoms with van der Waals surface area (Å²) in [6.45, 7) is 0.894. The number of carbonyl (C=O) groups excluding carboxylic acids is 2. The molecule has 33 heavy (non-hydrogen) atoms. The van der Waals surface area contributed by atoms with E-state index < -0.39 is 5.60 Å². The number of rotatable bonds is 2. The van der Waals surface area contributed by atoms with Gasteiger partial charge in [0.05, 0.1) is 25.5 Å². The van der Waals surface area contributed by atoms with Crippen molar-refractivity contribution in [1.82, 2.24) is 0 Å². The summed E-state index contributed by atoms with van der Waals surface area (Å²) < 4.78 is 29.4. The molecule has 3 aliphatic heterocycles. The summed E-state index contributed by atoms with van der Waals surface area (Å²) in [5.74, 6) is 2.13. The van der Waals surface area contributed by atoms with E-state index in [1.807, 2.05) is 12.1 Å². The summed E-state index contributed by atoms with van der Waals surface area (Å²) in [7, 11) is 1.58. The van der Waals surface area contributed by atoms with Gasteiger partial charge in [-0.2, -0.15) is 0 Å². The van der Waals surface area contributed by atoms with E-state index in [0.717, 1.165) is 43.2 Å². The Balaban J connectivity index is 1.51. The van der Waals surface area contributed by atoms with Crippen LogP contribution in [-0.2, 0) is 4.79 Å². The predicted octanol–water partition coefficient (Wildman–Crippen LogP) is 4.58. The van der Waals surface area contributed by atoms with Gasteiger partial charge in [-0.3, -0.25) is 9.59 Å². The summed E-state index contributed by atoms with van der Waals surface area (Å²) in [6.07, 6.45) is 5.54. The molecule has 7 heteroatoms. The molecule has 0 N–H and O–H groups in total. The van der Waals surface area contributed by atoms with Gasteiger partial charge < -0.3 is 23.7 Å². The van der Waals surface area contributed by atoms with E-state index in [9.17, 15) is 9.59 Å². The van der Waals surface area contributed by atoms with Gasteiger partial charge in [-0.25, -0.2) is 0 Å². The van der Waals surface area contributed by atoms with Crippen LogP contribution in [0.3, 0.4) is 0 Å². The summed E-state index contributed by atoms with van der Waals surface area (Å²) >= 11 is 0. The molecule has 2 aromatic rings. The third kappa shape index (κ3) is 3.33. The van der Waals surface area contributed by atoms with Gasteiger partial charge in [-0.15, -0.1) is 0 Å². The van der Waals surface area contributed by atoms with Gasteiger partial charge in [0.1, 0.15) is 30.3 Å². The molecule has 4 aliphatic rings.